The average molecular weight is 187 g/mol. The summed E-state index contributed by atoms with van der Waals surface area (Å²) in [6, 6.07) is 7.27. The van der Waals surface area contributed by atoms with Crippen LogP contribution in [0.25, 0.3) is 6.08 Å². The molecule has 1 aromatic rings. The molecular formula is C11H9NO2. The molecule has 1 N–H and O–H groups in total. The van der Waals surface area contributed by atoms with E-state index in [1.807, 2.05) is 13.0 Å². The van der Waals surface area contributed by atoms with Gasteiger partial charge >= 0.3 is 5.97 Å². The van der Waals surface area contributed by atoms with Crippen molar-refractivity contribution in [2.24, 2.45) is 0 Å². The van der Waals surface area contributed by atoms with Crippen LogP contribution in [0.2, 0.25) is 0 Å². The van der Waals surface area contributed by atoms with E-state index >= 15 is 0 Å². The first-order valence-corrected chi connectivity index (χ1v) is 4.05. The lowest BCUT2D eigenvalue weighted by Gasteiger charge is -1.97. The Morgan fingerprint density at radius 3 is 2.86 bits per heavy atom. The molecular weight excluding hydrogens is 178 g/mol. The monoisotopic (exact) mass is 187 g/mol. The lowest BCUT2D eigenvalue weighted by atomic mass is 10.1. The Labute approximate surface area is 81.9 Å². The van der Waals surface area contributed by atoms with Crippen molar-refractivity contribution >= 4 is 12.0 Å². The first-order valence-electron chi connectivity index (χ1n) is 4.05. The van der Waals surface area contributed by atoms with Crippen LogP contribution in [0.4, 0.5) is 0 Å². The normalized spacial score (nSPS) is 10.0. The zero-order valence-corrected chi connectivity index (χ0v) is 7.69. The van der Waals surface area contributed by atoms with E-state index in [2.05, 4.69) is 0 Å². The quantitative estimate of drug-likeness (QED) is 0.720. The fourth-order valence-corrected chi connectivity index (χ4v) is 1.03. The predicted molar refractivity (Wildman–Crippen MR) is 52.6 cm³/mol. The molecule has 3 heteroatoms. The van der Waals surface area contributed by atoms with Crippen molar-refractivity contribution in [2.45, 2.75) is 6.92 Å². The van der Waals surface area contributed by atoms with Crippen molar-refractivity contribution in [1.29, 1.82) is 5.26 Å². The van der Waals surface area contributed by atoms with Crippen molar-refractivity contribution in [1.82, 2.24) is 0 Å². The molecule has 0 fully saturated rings. The molecule has 70 valence electrons. The van der Waals surface area contributed by atoms with Gasteiger partial charge in [-0.05, 0) is 30.2 Å². The fraction of sp³-hybridized carbons (Fsp3) is 0.0909. The first kappa shape index (κ1) is 10.0. The van der Waals surface area contributed by atoms with E-state index in [0.717, 1.165) is 17.2 Å². The van der Waals surface area contributed by atoms with Gasteiger partial charge in [-0.25, -0.2) is 4.79 Å². The number of benzene rings is 1. The van der Waals surface area contributed by atoms with Crippen molar-refractivity contribution in [3.63, 3.8) is 0 Å². The SMILES string of the molecule is Cc1ccc(/C=C/C(=O)O)cc1C#N. The molecule has 0 heterocycles. The van der Waals surface area contributed by atoms with E-state index in [-0.39, 0.29) is 0 Å². The molecule has 3 nitrogen and oxygen atoms in total. The number of rotatable bonds is 2. The van der Waals surface area contributed by atoms with E-state index in [0.29, 0.717) is 5.56 Å². The highest BCUT2D eigenvalue weighted by Crippen LogP contribution is 2.11. The van der Waals surface area contributed by atoms with Gasteiger partial charge in [0.1, 0.15) is 0 Å². The molecule has 14 heavy (non-hydrogen) atoms. The lowest BCUT2D eigenvalue weighted by molar-refractivity contribution is -0.131. The molecule has 0 unspecified atom stereocenters. The Kier molecular flexibility index (Phi) is 3.03. The summed E-state index contributed by atoms with van der Waals surface area (Å²) in [4.78, 5) is 10.2. The Morgan fingerprint density at radius 2 is 2.29 bits per heavy atom. The maximum Gasteiger partial charge on any atom is 0.328 e. The van der Waals surface area contributed by atoms with Crippen LogP contribution in [-0.4, -0.2) is 11.1 Å². The number of carbonyl (C=O) groups is 1. The average Bonchev–Trinajstić information content (AvgIpc) is 2.16. The van der Waals surface area contributed by atoms with Gasteiger partial charge in [0.2, 0.25) is 0 Å². The van der Waals surface area contributed by atoms with Gasteiger partial charge in [0.25, 0.3) is 0 Å². The van der Waals surface area contributed by atoms with E-state index in [9.17, 15) is 4.79 Å². The van der Waals surface area contributed by atoms with Gasteiger partial charge in [0.05, 0.1) is 11.6 Å². The summed E-state index contributed by atoms with van der Waals surface area (Å²) in [6.45, 7) is 1.84. The molecule has 0 aliphatic carbocycles. The maximum atomic E-state index is 10.2. The molecule has 0 radical (unpaired) electrons. The van der Waals surface area contributed by atoms with E-state index in [1.165, 1.54) is 6.08 Å². The fourth-order valence-electron chi connectivity index (χ4n) is 1.03. The van der Waals surface area contributed by atoms with Crippen molar-refractivity contribution in [3.05, 3.63) is 41.0 Å². The molecule has 0 saturated carbocycles. The molecule has 0 aromatic heterocycles. The molecule has 1 rings (SSSR count). The van der Waals surface area contributed by atoms with Gasteiger partial charge in [-0.15, -0.1) is 0 Å². The third-order valence-corrected chi connectivity index (χ3v) is 1.80. The summed E-state index contributed by atoms with van der Waals surface area (Å²) >= 11 is 0. The molecule has 1 aromatic carbocycles. The number of aliphatic carboxylic acids is 1. The van der Waals surface area contributed by atoms with Gasteiger partial charge < -0.3 is 5.11 Å². The summed E-state index contributed by atoms with van der Waals surface area (Å²) in [5.41, 5.74) is 2.17. The van der Waals surface area contributed by atoms with Gasteiger partial charge in [0.15, 0.2) is 0 Å². The van der Waals surface area contributed by atoms with Gasteiger partial charge in [0, 0.05) is 6.08 Å². The van der Waals surface area contributed by atoms with Crippen molar-refractivity contribution < 1.29 is 9.90 Å². The third-order valence-electron chi connectivity index (χ3n) is 1.80. The molecule has 0 aliphatic rings. The second-order valence-electron chi connectivity index (χ2n) is 2.86. The highest BCUT2D eigenvalue weighted by atomic mass is 16.4. The standard InChI is InChI=1S/C11H9NO2/c1-8-2-3-9(4-5-11(13)14)6-10(8)7-12/h2-6H,1H3,(H,13,14)/b5-4+. The van der Waals surface area contributed by atoms with Crippen molar-refractivity contribution in [3.8, 4) is 6.07 Å². The Morgan fingerprint density at radius 1 is 1.57 bits per heavy atom. The molecule has 0 saturated heterocycles. The Balaban J connectivity index is 3.03. The van der Waals surface area contributed by atoms with Gasteiger partial charge in [-0.2, -0.15) is 5.26 Å². The zero-order chi connectivity index (χ0) is 10.6. The first-order chi connectivity index (χ1) is 6.63. The van der Waals surface area contributed by atoms with E-state index in [4.69, 9.17) is 10.4 Å². The van der Waals surface area contributed by atoms with Crippen LogP contribution >= 0.6 is 0 Å². The number of nitrogens with zero attached hydrogens (tertiary/aromatic N) is 1. The zero-order valence-electron chi connectivity index (χ0n) is 7.69. The number of aryl methyl sites for hydroxylation is 1. The highest BCUT2D eigenvalue weighted by molar-refractivity contribution is 5.85. The minimum Gasteiger partial charge on any atom is -0.478 e. The van der Waals surface area contributed by atoms with Crippen molar-refractivity contribution in [2.75, 3.05) is 0 Å². The Hall–Kier alpha value is -2.08. The largest absolute Gasteiger partial charge is 0.478 e. The summed E-state index contributed by atoms with van der Waals surface area (Å²) < 4.78 is 0. The second kappa shape index (κ2) is 4.24. The van der Waals surface area contributed by atoms with Crippen LogP contribution in [0, 0.1) is 18.3 Å². The number of hydrogen-bond acceptors (Lipinski definition) is 2. The van der Waals surface area contributed by atoms with E-state index in [1.54, 1.807) is 18.2 Å². The van der Waals surface area contributed by atoms with Crippen LogP contribution in [0.15, 0.2) is 24.3 Å². The van der Waals surface area contributed by atoms with E-state index < -0.39 is 5.97 Å². The number of carboxylic acids is 1. The molecule has 0 spiro atoms. The molecule has 0 bridgehead atoms. The highest BCUT2D eigenvalue weighted by Gasteiger charge is 1.97. The van der Waals surface area contributed by atoms with Crippen LogP contribution in [0.5, 0.6) is 0 Å². The van der Waals surface area contributed by atoms with Crippen LogP contribution in [0.1, 0.15) is 16.7 Å². The Bertz CT molecular complexity index is 427. The predicted octanol–water partition coefficient (Wildman–Crippen LogP) is 1.96. The number of nitriles is 1. The topological polar surface area (TPSA) is 61.1 Å². The molecule has 0 aliphatic heterocycles. The van der Waals surface area contributed by atoms with Crippen LogP contribution in [-0.2, 0) is 4.79 Å². The number of carboxylic acid groups (broad SMARTS) is 1. The summed E-state index contributed by atoms with van der Waals surface area (Å²) in [7, 11) is 0. The minimum atomic E-state index is -0.996. The maximum absolute atomic E-state index is 10.2. The minimum absolute atomic E-state index is 0.567. The van der Waals surface area contributed by atoms with Gasteiger partial charge in [-0.3, -0.25) is 0 Å². The third kappa shape index (κ3) is 2.46. The summed E-state index contributed by atoms with van der Waals surface area (Å²) in [6.07, 6.45) is 2.51. The van der Waals surface area contributed by atoms with Crippen LogP contribution < -0.4 is 0 Å². The summed E-state index contributed by atoms with van der Waals surface area (Å²) in [5.74, 6) is -0.996. The molecule has 0 atom stereocenters. The number of hydrogen-bond donors (Lipinski definition) is 1. The lowest BCUT2D eigenvalue weighted by Crippen LogP contribution is -1.87. The van der Waals surface area contributed by atoms with Crippen LogP contribution in [0.3, 0.4) is 0 Å². The smallest absolute Gasteiger partial charge is 0.328 e. The van der Waals surface area contributed by atoms with Gasteiger partial charge in [-0.1, -0.05) is 12.1 Å². The summed E-state index contributed by atoms with van der Waals surface area (Å²) in [5, 5.41) is 17.1. The second-order valence-corrected chi connectivity index (χ2v) is 2.86. The molecule has 0 amide bonds.